The van der Waals surface area contributed by atoms with Gasteiger partial charge in [-0.1, -0.05) is 28.1 Å². The summed E-state index contributed by atoms with van der Waals surface area (Å²) in [5.74, 6) is -1.02. The van der Waals surface area contributed by atoms with Gasteiger partial charge >= 0.3 is 5.97 Å². The molecule has 21 heavy (non-hydrogen) atoms. The number of nitrogens with one attached hydrogen (secondary N) is 1. The van der Waals surface area contributed by atoms with Gasteiger partial charge in [0.1, 0.15) is 0 Å². The van der Waals surface area contributed by atoms with E-state index in [4.69, 9.17) is 5.11 Å². The lowest BCUT2D eigenvalue weighted by Gasteiger charge is -2.30. The molecule has 5 nitrogen and oxygen atoms in total. The number of hydrogen-bond acceptors (Lipinski definition) is 3. The molecule has 0 spiro atoms. The number of aliphatic carboxylic acids is 1. The molecule has 1 heterocycles. The summed E-state index contributed by atoms with van der Waals surface area (Å²) < 4.78 is 1.02. The van der Waals surface area contributed by atoms with Crippen LogP contribution in [0, 0.1) is 5.92 Å². The van der Waals surface area contributed by atoms with Crippen molar-refractivity contribution in [3.8, 4) is 0 Å². The summed E-state index contributed by atoms with van der Waals surface area (Å²) in [6.07, 6.45) is 1.10. The van der Waals surface area contributed by atoms with Gasteiger partial charge in [-0.15, -0.1) is 0 Å². The maximum absolute atomic E-state index is 12.0. The number of piperidine rings is 1. The molecule has 6 heteroatoms. The molecular weight excluding hydrogens is 336 g/mol. The average Bonchev–Trinajstić information content (AvgIpc) is 2.47. The quantitative estimate of drug-likeness (QED) is 0.846. The van der Waals surface area contributed by atoms with Crippen molar-refractivity contribution in [2.75, 3.05) is 19.6 Å². The van der Waals surface area contributed by atoms with Crippen molar-refractivity contribution in [1.82, 2.24) is 10.2 Å². The Labute approximate surface area is 132 Å². The Morgan fingerprint density at radius 2 is 2.05 bits per heavy atom. The smallest absolute Gasteiger partial charge is 0.306 e. The van der Waals surface area contributed by atoms with Crippen molar-refractivity contribution < 1.29 is 14.7 Å². The van der Waals surface area contributed by atoms with Gasteiger partial charge in [-0.3, -0.25) is 9.59 Å². The fraction of sp³-hybridized carbons (Fsp3) is 0.467. The first-order valence-corrected chi connectivity index (χ1v) is 7.81. The second-order valence-corrected chi connectivity index (χ2v) is 6.14. The first kappa shape index (κ1) is 16.0. The van der Waals surface area contributed by atoms with Gasteiger partial charge in [-0.25, -0.2) is 0 Å². The molecule has 114 valence electrons. The van der Waals surface area contributed by atoms with Crippen molar-refractivity contribution in [3.05, 3.63) is 34.3 Å². The highest BCUT2D eigenvalue weighted by atomic mass is 79.9. The highest BCUT2D eigenvalue weighted by Gasteiger charge is 2.26. The van der Waals surface area contributed by atoms with E-state index in [9.17, 15) is 9.59 Å². The van der Waals surface area contributed by atoms with Crippen LogP contribution in [0.3, 0.4) is 0 Å². The fourth-order valence-electron chi connectivity index (χ4n) is 2.45. The Bertz CT molecular complexity index is 513. The highest BCUT2D eigenvalue weighted by Crippen LogP contribution is 2.17. The molecule has 0 unspecified atom stereocenters. The second kappa shape index (κ2) is 7.56. The SMILES string of the molecule is O=C(O)C1CCN(C(=O)CNCc2cccc(Br)c2)CC1. The minimum Gasteiger partial charge on any atom is -0.481 e. The lowest BCUT2D eigenvalue weighted by Crippen LogP contribution is -2.43. The second-order valence-electron chi connectivity index (χ2n) is 5.23. The molecule has 0 aliphatic carbocycles. The third-order valence-corrected chi connectivity index (χ3v) is 4.18. The van der Waals surface area contributed by atoms with Gasteiger partial charge in [-0.2, -0.15) is 0 Å². The molecule has 2 N–H and O–H groups in total. The van der Waals surface area contributed by atoms with E-state index in [1.165, 1.54) is 0 Å². The van der Waals surface area contributed by atoms with Gasteiger partial charge in [-0.05, 0) is 30.5 Å². The lowest BCUT2D eigenvalue weighted by atomic mass is 9.97. The standard InChI is InChI=1S/C15H19BrN2O3/c16-13-3-1-2-11(8-13)9-17-10-14(19)18-6-4-12(5-7-18)15(20)21/h1-3,8,12,17H,4-7,9-10H2,(H,20,21). The molecule has 1 aliphatic heterocycles. The predicted octanol–water partition coefficient (Wildman–Crippen LogP) is 1.86. The third kappa shape index (κ3) is 4.82. The topological polar surface area (TPSA) is 69.6 Å². The monoisotopic (exact) mass is 354 g/mol. The minimum atomic E-state index is -0.755. The number of likely N-dealkylation sites (tertiary alicyclic amines) is 1. The van der Waals surface area contributed by atoms with Gasteiger partial charge in [0.2, 0.25) is 5.91 Å². The Hall–Kier alpha value is -1.40. The number of carboxylic acids is 1. The summed E-state index contributed by atoms with van der Waals surface area (Å²) in [7, 11) is 0. The van der Waals surface area contributed by atoms with Gasteiger partial charge in [0.05, 0.1) is 12.5 Å². The van der Waals surface area contributed by atoms with Gasteiger partial charge in [0.25, 0.3) is 0 Å². The van der Waals surface area contributed by atoms with E-state index in [0.29, 0.717) is 32.5 Å². The molecule has 1 amide bonds. The number of halogens is 1. The van der Waals surface area contributed by atoms with E-state index in [1.807, 2.05) is 24.3 Å². The zero-order chi connectivity index (χ0) is 15.2. The Kier molecular flexibility index (Phi) is 5.76. The molecule has 1 aliphatic rings. The minimum absolute atomic E-state index is 0.0360. The molecular formula is C15H19BrN2O3. The zero-order valence-corrected chi connectivity index (χ0v) is 13.3. The van der Waals surface area contributed by atoms with E-state index >= 15 is 0 Å². The van der Waals surface area contributed by atoms with Crippen LogP contribution in [0.25, 0.3) is 0 Å². The Morgan fingerprint density at radius 1 is 1.33 bits per heavy atom. The van der Waals surface area contributed by atoms with E-state index in [2.05, 4.69) is 21.2 Å². The number of carboxylic acid groups (broad SMARTS) is 1. The number of nitrogens with zero attached hydrogens (tertiary/aromatic N) is 1. The summed E-state index contributed by atoms with van der Waals surface area (Å²) in [6, 6.07) is 7.93. The zero-order valence-electron chi connectivity index (χ0n) is 11.7. The Balaban J connectivity index is 1.72. The molecule has 0 saturated carbocycles. The van der Waals surface area contributed by atoms with Crippen LogP contribution in [0.1, 0.15) is 18.4 Å². The van der Waals surface area contributed by atoms with E-state index in [1.54, 1.807) is 4.90 Å². The van der Waals surface area contributed by atoms with Crippen LogP contribution in [0.2, 0.25) is 0 Å². The third-order valence-electron chi connectivity index (χ3n) is 3.69. The van der Waals surface area contributed by atoms with E-state index in [-0.39, 0.29) is 18.4 Å². The fourth-order valence-corrected chi connectivity index (χ4v) is 2.89. The maximum atomic E-state index is 12.0. The average molecular weight is 355 g/mol. The predicted molar refractivity (Wildman–Crippen MR) is 82.8 cm³/mol. The summed E-state index contributed by atoms with van der Waals surface area (Å²) in [6.45, 7) is 1.99. The number of carbonyl (C=O) groups is 2. The maximum Gasteiger partial charge on any atom is 0.306 e. The van der Waals surface area contributed by atoms with Crippen molar-refractivity contribution in [3.63, 3.8) is 0 Å². The normalized spacial score (nSPS) is 16.0. The molecule has 1 aromatic carbocycles. The van der Waals surface area contributed by atoms with Crippen LogP contribution in [0.4, 0.5) is 0 Å². The molecule has 1 fully saturated rings. The number of carbonyl (C=O) groups excluding carboxylic acids is 1. The van der Waals surface area contributed by atoms with Crippen LogP contribution >= 0.6 is 15.9 Å². The molecule has 0 bridgehead atoms. The first-order chi connectivity index (χ1) is 10.1. The van der Waals surface area contributed by atoms with Crippen LogP contribution < -0.4 is 5.32 Å². The van der Waals surface area contributed by atoms with Crippen molar-refractivity contribution in [1.29, 1.82) is 0 Å². The Morgan fingerprint density at radius 3 is 2.67 bits per heavy atom. The number of hydrogen-bond donors (Lipinski definition) is 2. The van der Waals surface area contributed by atoms with E-state index < -0.39 is 5.97 Å². The van der Waals surface area contributed by atoms with Crippen molar-refractivity contribution in [2.45, 2.75) is 19.4 Å². The van der Waals surface area contributed by atoms with E-state index in [0.717, 1.165) is 10.0 Å². The summed E-state index contributed by atoms with van der Waals surface area (Å²) in [5.41, 5.74) is 1.11. The van der Waals surface area contributed by atoms with Gasteiger partial charge < -0.3 is 15.3 Å². The molecule has 0 atom stereocenters. The largest absolute Gasteiger partial charge is 0.481 e. The lowest BCUT2D eigenvalue weighted by molar-refractivity contribution is -0.145. The van der Waals surface area contributed by atoms with Crippen LogP contribution in [-0.4, -0.2) is 41.5 Å². The van der Waals surface area contributed by atoms with Crippen LogP contribution in [-0.2, 0) is 16.1 Å². The molecule has 1 saturated heterocycles. The first-order valence-electron chi connectivity index (χ1n) is 7.02. The van der Waals surface area contributed by atoms with Crippen LogP contribution in [0.15, 0.2) is 28.7 Å². The summed E-state index contributed by atoms with van der Waals surface area (Å²) in [5, 5.41) is 12.1. The molecule has 0 aromatic heterocycles. The molecule has 2 rings (SSSR count). The summed E-state index contributed by atoms with van der Waals surface area (Å²) >= 11 is 3.41. The molecule has 1 aromatic rings. The van der Waals surface area contributed by atoms with Gasteiger partial charge in [0.15, 0.2) is 0 Å². The van der Waals surface area contributed by atoms with Crippen molar-refractivity contribution >= 4 is 27.8 Å². The summed E-state index contributed by atoms with van der Waals surface area (Å²) in [4.78, 5) is 24.6. The number of amides is 1. The number of rotatable bonds is 5. The van der Waals surface area contributed by atoms with Crippen molar-refractivity contribution in [2.24, 2.45) is 5.92 Å². The number of benzene rings is 1. The van der Waals surface area contributed by atoms with Crippen LogP contribution in [0.5, 0.6) is 0 Å². The highest BCUT2D eigenvalue weighted by molar-refractivity contribution is 9.10. The van der Waals surface area contributed by atoms with Gasteiger partial charge in [0, 0.05) is 24.1 Å². The molecule has 0 radical (unpaired) electrons.